The van der Waals surface area contributed by atoms with Gasteiger partial charge in [-0.1, -0.05) is 6.92 Å². The first-order valence-electron chi connectivity index (χ1n) is 7.00. The number of nitrogens with two attached hydrogens (primary N) is 1. The second-order valence-electron chi connectivity index (χ2n) is 5.20. The highest BCUT2D eigenvalue weighted by molar-refractivity contribution is 5.81. The Morgan fingerprint density at radius 1 is 1.55 bits per heavy atom. The zero-order valence-corrected chi connectivity index (χ0v) is 12.2. The van der Waals surface area contributed by atoms with E-state index < -0.39 is 6.10 Å². The lowest BCUT2D eigenvalue weighted by atomic mass is 10.1. The maximum Gasteiger partial charge on any atom is 0.260 e. The number of benzene rings is 1. The van der Waals surface area contributed by atoms with Crippen LogP contribution in [0.1, 0.15) is 38.8 Å². The lowest BCUT2D eigenvalue weighted by Gasteiger charge is -2.18. The van der Waals surface area contributed by atoms with Gasteiger partial charge < -0.3 is 20.5 Å². The lowest BCUT2D eigenvalue weighted by molar-refractivity contribution is -0.127. The monoisotopic (exact) mass is 278 g/mol. The van der Waals surface area contributed by atoms with Crippen molar-refractivity contribution in [1.29, 1.82) is 0 Å². The molecular weight excluding hydrogens is 256 g/mol. The van der Waals surface area contributed by atoms with Crippen LogP contribution in [0.2, 0.25) is 0 Å². The number of ether oxygens (including phenoxy) is 2. The van der Waals surface area contributed by atoms with Gasteiger partial charge in [-0.25, -0.2) is 0 Å². The number of amides is 1. The van der Waals surface area contributed by atoms with E-state index in [4.69, 9.17) is 15.2 Å². The van der Waals surface area contributed by atoms with E-state index in [1.54, 1.807) is 13.0 Å². The molecule has 110 valence electrons. The summed E-state index contributed by atoms with van der Waals surface area (Å²) in [5, 5.41) is 2.89. The normalized spacial score (nSPS) is 19.7. The predicted octanol–water partition coefficient (Wildman–Crippen LogP) is 1.76. The van der Waals surface area contributed by atoms with Crippen LogP contribution in [0.5, 0.6) is 11.5 Å². The van der Waals surface area contributed by atoms with Crippen LogP contribution >= 0.6 is 0 Å². The summed E-state index contributed by atoms with van der Waals surface area (Å²) >= 11 is 0. The minimum atomic E-state index is -0.544. The van der Waals surface area contributed by atoms with E-state index in [0.29, 0.717) is 12.4 Å². The minimum Gasteiger partial charge on any atom is -0.491 e. The van der Waals surface area contributed by atoms with Crippen LogP contribution < -0.4 is 20.5 Å². The van der Waals surface area contributed by atoms with Crippen molar-refractivity contribution in [3.05, 3.63) is 23.8 Å². The number of rotatable bonds is 5. The van der Waals surface area contributed by atoms with E-state index in [1.165, 1.54) is 0 Å². The Kier molecular flexibility index (Phi) is 4.49. The van der Waals surface area contributed by atoms with E-state index in [-0.39, 0.29) is 18.0 Å². The molecule has 3 atom stereocenters. The van der Waals surface area contributed by atoms with Gasteiger partial charge in [0.1, 0.15) is 18.1 Å². The molecule has 1 heterocycles. The number of hydrogen-bond donors (Lipinski definition) is 2. The van der Waals surface area contributed by atoms with Crippen molar-refractivity contribution in [2.75, 3.05) is 6.61 Å². The highest BCUT2D eigenvalue weighted by Gasteiger charge is 2.22. The summed E-state index contributed by atoms with van der Waals surface area (Å²) in [4.78, 5) is 11.9. The maximum absolute atomic E-state index is 11.9. The van der Waals surface area contributed by atoms with E-state index in [9.17, 15) is 4.79 Å². The average molecular weight is 278 g/mol. The van der Waals surface area contributed by atoms with Crippen LogP contribution in [0.25, 0.3) is 0 Å². The fourth-order valence-electron chi connectivity index (χ4n) is 2.01. The Hall–Kier alpha value is -1.75. The molecule has 0 aliphatic carbocycles. The van der Waals surface area contributed by atoms with Crippen molar-refractivity contribution < 1.29 is 14.3 Å². The molecular formula is C15H22N2O3. The fourth-order valence-corrected chi connectivity index (χ4v) is 2.01. The lowest BCUT2D eigenvalue weighted by Crippen LogP contribution is -2.40. The third-order valence-electron chi connectivity index (χ3n) is 3.49. The molecule has 1 aromatic rings. The molecule has 1 aliphatic heterocycles. The molecule has 0 saturated carbocycles. The number of carbonyl (C=O) groups excluding carboxylic acids is 1. The number of nitrogens with one attached hydrogen (secondary N) is 1. The molecule has 1 aliphatic rings. The summed E-state index contributed by atoms with van der Waals surface area (Å²) in [6, 6.07) is 5.57. The summed E-state index contributed by atoms with van der Waals surface area (Å²) < 4.78 is 11.1. The molecule has 0 spiro atoms. The summed E-state index contributed by atoms with van der Waals surface area (Å²) in [7, 11) is 0. The Morgan fingerprint density at radius 3 is 3.00 bits per heavy atom. The topological polar surface area (TPSA) is 73.6 Å². The Bertz CT molecular complexity index is 490. The maximum atomic E-state index is 11.9. The Balaban J connectivity index is 1.98. The Morgan fingerprint density at radius 2 is 2.30 bits per heavy atom. The summed E-state index contributed by atoms with van der Waals surface area (Å²) in [6.45, 7) is 6.22. The second kappa shape index (κ2) is 6.13. The van der Waals surface area contributed by atoms with Gasteiger partial charge in [0, 0.05) is 17.7 Å². The standard InChI is InChI=1S/C15H22N2O3/c1-4-9(2)17-15(18)10(3)20-11-5-6-12-13(16)8-19-14(12)7-11/h5-7,9-10,13H,4,8,16H2,1-3H3,(H,17,18). The predicted molar refractivity (Wildman–Crippen MR) is 76.9 cm³/mol. The molecule has 0 bridgehead atoms. The molecule has 1 amide bonds. The van der Waals surface area contributed by atoms with Crippen molar-refractivity contribution in [2.24, 2.45) is 5.73 Å². The van der Waals surface area contributed by atoms with Gasteiger partial charge in [0.05, 0.1) is 6.04 Å². The second-order valence-corrected chi connectivity index (χ2v) is 5.20. The number of carbonyl (C=O) groups is 1. The molecule has 5 heteroatoms. The smallest absolute Gasteiger partial charge is 0.260 e. The van der Waals surface area contributed by atoms with Gasteiger partial charge in [-0.2, -0.15) is 0 Å². The fraction of sp³-hybridized carbons (Fsp3) is 0.533. The first kappa shape index (κ1) is 14.7. The molecule has 3 N–H and O–H groups in total. The summed E-state index contributed by atoms with van der Waals surface area (Å²) in [6.07, 6.45) is 0.348. The Labute approximate surface area is 119 Å². The molecule has 0 saturated heterocycles. The van der Waals surface area contributed by atoms with Crippen molar-refractivity contribution in [2.45, 2.75) is 45.4 Å². The average Bonchev–Trinajstić information content (AvgIpc) is 2.79. The van der Waals surface area contributed by atoms with Gasteiger partial charge in [0.2, 0.25) is 0 Å². The zero-order valence-electron chi connectivity index (χ0n) is 12.2. The van der Waals surface area contributed by atoms with Crippen LogP contribution in [0.3, 0.4) is 0 Å². The van der Waals surface area contributed by atoms with Gasteiger partial charge in [0.25, 0.3) is 5.91 Å². The highest BCUT2D eigenvalue weighted by atomic mass is 16.5. The quantitative estimate of drug-likeness (QED) is 0.860. The SMILES string of the molecule is CCC(C)NC(=O)C(C)Oc1ccc2c(c1)OCC2N. The molecule has 0 fully saturated rings. The summed E-state index contributed by atoms with van der Waals surface area (Å²) in [5.74, 6) is 1.24. The molecule has 3 unspecified atom stereocenters. The third kappa shape index (κ3) is 3.22. The summed E-state index contributed by atoms with van der Waals surface area (Å²) in [5.41, 5.74) is 6.87. The van der Waals surface area contributed by atoms with Crippen LogP contribution in [0.15, 0.2) is 18.2 Å². The first-order valence-corrected chi connectivity index (χ1v) is 7.00. The van der Waals surface area contributed by atoms with E-state index in [2.05, 4.69) is 5.32 Å². The van der Waals surface area contributed by atoms with Crippen molar-refractivity contribution in [1.82, 2.24) is 5.32 Å². The zero-order chi connectivity index (χ0) is 14.7. The van der Waals surface area contributed by atoms with E-state index in [1.807, 2.05) is 26.0 Å². The van der Waals surface area contributed by atoms with Crippen molar-refractivity contribution >= 4 is 5.91 Å². The molecule has 0 aromatic heterocycles. The van der Waals surface area contributed by atoms with Crippen LogP contribution in [0, 0.1) is 0 Å². The van der Waals surface area contributed by atoms with E-state index in [0.717, 1.165) is 17.7 Å². The largest absolute Gasteiger partial charge is 0.491 e. The van der Waals surface area contributed by atoms with E-state index >= 15 is 0 Å². The van der Waals surface area contributed by atoms with Crippen molar-refractivity contribution in [3.8, 4) is 11.5 Å². The van der Waals surface area contributed by atoms with Crippen LogP contribution in [0.4, 0.5) is 0 Å². The molecule has 0 radical (unpaired) electrons. The highest BCUT2D eigenvalue weighted by Crippen LogP contribution is 2.34. The van der Waals surface area contributed by atoms with Crippen LogP contribution in [-0.4, -0.2) is 24.7 Å². The van der Waals surface area contributed by atoms with Crippen molar-refractivity contribution in [3.63, 3.8) is 0 Å². The molecule has 1 aromatic carbocycles. The first-order chi connectivity index (χ1) is 9.51. The van der Waals surface area contributed by atoms with Gasteiger partial charge in [0.15, 0.2) is 6.10 Å². The minimum absolute atomic E-state index is 0.0785. The van der Waals surface area contributed by atoms with Gasteiger partial charge in [-0.05, 0) is 32.4 Å². The van der Waals surface area contributed by atoms with Gasteiger partial charge >= 0.3 is 0 Å². The van der Waals surface area contributed by atoms with Gasteiger partial charge in [-0.15, -0.1) is 0 Å². The molecule has 2 rings (SSSR count). The third-order valence-corrected chi connectivity index (χ3v) is 3.49. The van der Waals surface area contributed by atoms with Gasteiger partial charge in [-0.3, -0.25) is 4.79 Å². The number of fused-ring (bicyclic) bond motifs is 1. The van der Waals surface area contributed by atoms with Crippen LogP contribution in [-0.2, 0) is 4.79 Å². The number of hydrogen-bond acceptors (Lipinski definition) is 4. The molecule has 20 heavy (non-hydrogen) atoms. The molecule has 5 nitrogen and oxygen atoms in total.